The summed E-state index contributed by atoms with van der Waals surface area (Å²) in [6.45, 7) is 4.22. The van der Waals surface area contributed by atoms with Crippen LogP contribution in [0.15, 0.2) is 66.7 Å². The van der Waals surface area contributed by atoms with Gasteiger partial charge >= 0.3 is 0 Å². The van der Waals surface area contributed by atoms with Crippen LogP contribution in [0.1, 0.15) is 24.0 Å². The zero-order chi connectivity index (χ0) is 20.1. The number of hydrogen-bond donors (Lipinski definition) is 1. The summed E-state index contributed by atoms with van der Waals surface area (Å²) < 4.78 is 0. The molecule has 1 saturated heterocycles. The van der Waals surface area contributed by atoms with Crippen molar-refractivity contribution in [3.05, 3.63) is 77.9 Å². The monoisotopic (exact) mass is 386 g/mol. The number of piperidine rings is 1. The second-order valence-corrected chi connectivity index (χ2v) is 7.63. The maximum atomic E-state index is 12.6. The fraction of sp³-hybridized carbons (Fsp3) is 0.292. The Labute approximate surface area is 171 Å². The number of carbonyl (C=O) groups excluding carboxylic acids is 1. The van der Waals surface area contributed by atoms with E-state index in [1.807, 2.05) is 42.5 Å². The first-order valence-corrected chi connectivity index (χ1v) is 10.2. The number of carbonyl (C=O) groups is 1. The van der Waals surface area contributed by atoms with Gasteiger partial charge in [-0.2, -0.15) is 0 Å². The molecule has 3 aromatic rings. The standard InChI is InChI=1S/C24H26N4O/c1-18-9-11-20(12-10-18)22-13-14-23(27-26-22)28-15-5-8-21(17-28)24(29)25-16-19-6-3-2-4-7-19/h2-4,6-7,9-14,21H,5,8,15-17H2,1H3,(H,25,29)/t21-/m0/s1. The van der Waals surface area contributed by atoms with E-state index in [1.54, 1.807) is 0 Å². The first-order chi connectivity index (χ1) is 14.2. The molecule has 2 heterocycles. The van der Waals surface area contributed by atoms with Crippen molar-refractivity contribution in [2.24, 2.45) is 5.92 Å². The van der Waals surface area contributed by atoms with Gasteiger partial charge in [-0.3, -0.25) is 4.79 Å². The SMILES string of the molecule is Cc1ccc(-c2ccc(N3CCC[C@H](C(=O)NCc4ccccc4)C3)nn2)cc1. The lowest BCUT2D eigenvalue weighted by molar-refractivity contribution is -0.125. The highest BCUT2D eigenvalue weighted by Crippen LogP contribution is 2.23. The van der Waals surface area contributed by atoms with Crippen LogP contribution >= 0.6 is 0 Å². The largest absolute Gasteiger partial charge is 0.354 e. The van der Waals surface area contributed by atoms with E-state index in [1.165, 1.54) is 5.56 Å². The normalized spacial score (nSPS) is 16.4. The highest BCUT2D eigenvalue weighted by atomic mass is 16.1. The van der Waals surface area contributed by atoms with Gasteiger partial charge < -0.3 is 10.2 Å². The molecule has 1 amide bonds. The van der Waals surface area contributed by atoms with Gasteiger partial charge in [-0.25, -0.2) is 0 Å². The van der Waals surface area contributed by atoms with E-state index in [4.69, 9.17) is 0 Å². The van der Waals surface area contributed by atoms with E-state index in [9.17, 15) is 4.79 Å². The van der Waals surface area contributed by atoms with Crippen molar-refractivity contribution in [3.63, 3.8) is 0 Å². The van der Waals surface area contributed by atoms with Crippen LogP contribution in [-0.2, 0) is 11.3 Å². The first kappa shape index (κ1) is 19.1. The molecule has 5 heteroatoms. The lowest BCUT2D eigenvalue weighted by Crippen LogP contribution is -2.43. The molecule has 2 aromatic carbocycles. The average molecular weight is 386 g/mol. The minimum absolute atomic E-state index is 0.0222. The van der Waals surface area contributed by atoms with Crippen molar-refractivity contribution in [3.8, 4) is 11.3 Å². The van der Waals surface area contributed by atoms with Crippen LogP contribution in [0.3, 0.4) is 0 Å². The molecular formula is C24H26N4O. The van der Waals surface area contributed by atoms with Crippen molar-refractivity contribution in [2.75, 3.05) is 18.0 Å². The second kappa shape index (κ2) is 8.86. The van der Waals surface area contributed by atoms with Gasteiger partial charge in [0.25, 0.3) is 0 Å². The quantitative estimate of drug-likeness (QED) is 0.720. The Morgan fingerprint density at radius 2 is 1.83 bits per heavy atom. The molecule has 0 aliphatic carbocycles. The van der Waals surface area contributed by atoms with Crippen LogP contribution in [0, 0.1) is 12.8 Å². The lowest BCUT2D eigenvalue weighted by Gasteiger charge is -2.32. The van der Waals surface area contributed by atoms with Gasteiger partial charge in [-0.15, -0.1) is 10.2 Å². The molecule has 4 rings (SSSR count). The highest BCUT2D eigenvalue weighted by Gasteiger charge is 2.26. The Balaban J connectivity index is 1.37. The molecule has 1 atom stereocenters. The van der Waals surface area contributed by atoms with Crippen molar-refractivity contribution in [1.29, 1.82) is 0 Å². The number of rotatable bonds is 5. The number of amides is 1. The molecule has 1 aliphatic rings. The van der Waals surface area contributed by atoms with Gasteiger partial charge in [0.2, 0.25) is 5.91 Å². The van der Waals surface area contributed by atoms with Crippen LogP contribution in [0.4, 0.5) is 5.82 Å². The van der Waals surface area contributed by atoms with Crippen molar-refractivity contribution in [1.82, 2.24) is 15.5 Å². The summed E-state index contributed by atoms with van der Waals surface area (Å²) in [5, 5.41) is 11.9. The Hall–Kier alpha value is -3.21. The van der Waals surface area contributed by atoms with E-state index in [0.717, 1.165) is 42.0 Å². The van der Waals surface area contributed by atoms with Crippen LogP contribution in [-0.4, -0.2) is 29.2 Å². The zero-order valence-electron chi connectivity index (χ0n) is 16.7. The number of anilines is 1. The van der Waals surface area contributed by atoms with Crippen molar-refractivity contribution < 1.29 is 4.79 Å². The molecule has 29 heavy (non-hydrogen) atoms. The third-order valence-electron chi connectivity index (χ3n) is 5.42. The molecule has 1 fully saturated rings. The molecule has 148 valence electrons. The fourth-order valence-electron chi connectivity index (χ4n) is 3.70. The van der Waals surface area contributed by atoms with E-state index < -0.39 is 0 Å². The predicted octanol–water partition coefficient (Wildman–Crippen LogP) is 3.98. The molecule has 1 N–H and O–H groups in total. The maximum absolute atomic E-state index is 12.6. The van der Waals surface area contributed by atoms with Crippen LogP contribution in [0.25, 0.3) is 11.3 Å². The number of nitrogens with one attached hydrogen (secondary N) is 1. The predicted molar refractivity (Wildman–Crippen MR) is 115 cm³/mol. The molecular weight excluding hydrogens is 360 g/mol. The average Bonchev–Trinajstić information content (AvgIpc) is 2.79. The van der Waals surface area contributed by atoms with Gasteiger partial charge in [0.1, 0.15) is 0 Å². The van der Waals surface area contributed by atoms with Gasteiger partial charge in [0, 0.05) is 25.2 Å². The molecule has 5 nitrogen and oxygen atoms in total. The second-order valence-electron chi connectivity index (χ2n) is 7.63. The van der Waals surface area contributed by atoms with Crippen LogP contribution in [0.2, 0.25) is 0 Å². The van der Waals surface area contributed by atoms with Crippen molar-refractivity contribution in [2.45, 2.75) is 26.3 Å². The third-order valence-corrected chi connectivity index (χ3v) is 5.42. The Bertz CT molecular complexity index is 939. The molecule has 1 aromatic heterocycles. The first-order valence-electron chi connectivity index (χ1n) is 10.2. The molecule has 1 aliphatic heterocycles. The van der Waals surface area contributed by atoms with Gasteiger partial charge in [-0.1, -0.05) is 60.2 Å². The summed E-state index contributed by atoms with van der Waals surface area (Å²) in [4.78, 5) is 14.8. The number of hydrogen-bond acceptors (Lipinski definition) is 4. The van der Waals surface area contributed by atoms with Gasteiger partial charge in [0.05, 0.1) is 11.6 Å². The maximum Gasteiger partial charge on any atom is 0.225 e. The van der Waals surface area contributed by atoms with Gasteiger partial charge in [0.15, 0.2) is 5.82 Å². The summed E-state index contributed by atoms with van der Waals surface area (Å²) in [6.07, 6.45) is 1.89. The Kier molecular flexibility index (Phi) is 5.84. The molecule has 0 unspecified atom stereocenters. The van der Waals surface area contributed by atoms with Crippen LogP contribution < -0.4 is 10.2 Å². The van der Waals surface area contributed by atoms with E-state index in [2.05, 4.69) is 51.6 Å². The molecule has 0 spiro atoms. The fourth-order valence-corrected chi connectivity index (χ4v) is 3.70. The summed E-state index contributed by atoms with van der Waals surface area (Å²) in [5.41, 5.74) is 4.27. The van der Waals surface area contributed by atoms with E-state index in [0.29, 0.717) is 13.1 Å². The van der Waals surface area contributed by atoms with Crippen LogP contribution in [0.5, 0.6) is 0 Å². The van der Waals surface area contributed by atoms with Gasteiger partial charge in [-0.05, 0) is 37.5 Å². The highest BCUT2D eigenvalue weighted by molar-refractivity contribution is 5.79. The van der Waals surface area contributed by atoms with Crippen molar-refractivity contribution >= 4 is 11.7 Å². The minimum Gasteiger partial charge on any atom is -0.354 e. The number of benzene rings is 2. The molecule has 0 radical (unpaired) electrons. The molecule has 0 bridgehead atoms. The van der Waals surface area contributed by atoms with E-state index in [-0.39, 0.29) is 11.8 Å². The smallest absolute Gasteiger partial charge is 0.225 e. The summed E-state index contributed by atoms with van der Waals surface area (Å²) in [5.74, 6) is 0.926. The summed E-state index contributed by atoms with van der Waals surface area (Å²) >= 11 is 0. The summed E-state index contributed by atoms with van der Waals surface area (Å²) in [7, 11) is 0. The topological polar surface area (TPSA) is 58.1 Å². The number of aromatic nitrogens is 2. The van der Waals surface area contributed by atoms with E-state index >= 15 is 0 Å². The number of aryl methyl sites for hydroxylation is 1. The lowest BCUT2D eigenvalue weighted by atomic mass is 9.97. The summed E-state index contributed by atoms with van der Waals surface area (Å²) in [6, 6.07) is 22.3. The molecule has 0 saturated carbocycles. The zero-order valence-corrected chi connectivity index (χ0v) is 16.7. The third kappa shape index (κ3) is 4.80. The Morgan fingerprint density at radius 3 is 2.55 bits per heavy atom. The number of nitrogens with zero attached hydrogens (tertiary/aromatic N) is 3. The Morgan fingerprint density at radius 1 is 1.03 bits per heavy atom. The minimum atomic E-state index is -0.0222.